The number of aromatic nitrogens is 2. The van der Waals surface area contributed by atoms with Crippen molar-refractivity contribution in [2.75, 3.05) is 38.7 Å². The lowest BCUT2D eigenvalue weighted by molar-refractivity contribution is -0.131. The van der Waals surface area contributed by atoms with Crippen molar-refractivity contribution < 1.29 is 9.53 Å². The van der Waals surface area contributed by atoms with E-state index in [1.165, 1.54) is 0 Å². The second kappa shape index (κ2) is 6.43. The van der Waals surface area contributed by atoms with Gasteiger partial charge in [-0.2, -0.15) is 0 Å². The van der Waals surface area contributed by atoms with Crippen molar-refractivity contribution >= 4 is 11.9 Å². The summed E-state index contributed by atoms with van der Waals surface area (Å²) in [6, 6.07) is 2.00. The van der Waals surface area contributed by atoms with Gasteiger partial charge in [-0.3, -0.25) is 4.79 Å². The highest BCUT2D eigenvalue weighted by Gasteiger charge is 2.42. The van der Waals surface area contributed by atoms with E-state index in [0.29, 0.717) is 18.3 Å². The third kappa shape index (κ3) is 3.47. The van der Waals surface area contributed by atoms with Crippen LogP contribution in [0.2, 0.25) is 0 Å². The van der Waals surface area contributed by atoms with E-state index in [1.54, 1.807) is 19.0 Å². The maximum absolute atomic E-state index is 11.9. The number of anilines is 1. The van der Waals surface area contributed by atoms with Crippen molar-refractivity contribution in [1.29, 1.82) is 0 Å². The molecule has 0 spiro atoms. The first-order valence-electron chi connectivity index (χ1n) is 8.33. The van der Waals surface area contributed by atoms with Crippen LogP contribution in [0, 0.1) is 25.7 Å². The Labute approximate surface area is 137 Å². The number of piperidine rings is 1. The number of fused-ring (bicyclic) bond motifs is 1. The number of aryl methyl sites for hydroxylation is 2. The predicted octanol–water partition coefficient (Wildman–Crippen LogP) is 1.41. The summed E-state index contributed by atoms with van der Waals surface area (Å²) < 4.78 is 5.94. The normalized spacial score (nSPS) is 27.0. The minimum atomic E-state index is 0.0669. The molecule has 0 saturated carbocycles. The Bertz CT molecular complexity index is 570. The molecule has 1 aromatic heterocycles. The van der Waals surface area contributed by atoms with Crippen LogP contribution in [0.4, 0.5) is 5.95 Å². The summed E-state index contributed by atoms with van der Waals surface area (Å²) in [5.41, 5.74) is 2.01. The molecule has 0 unspecified atom stereocenters. The van der Waals surface area contributed by atoms with Gasteiger partial charge in [0.2, 0.25) is 11.9 Å². The first kappa shape index (κ1) is 16.2. The molecule has 0 aliphatic carbocycles. The molecular weight excluding hydrogens is 292 g/mol. The van der Waals surface area contributed by atoms with E-state index < -0.39 is 0 Å². The lowest BCUT2D eigenvalue weighted by Crippen LogP contribution is -2.43. The lowest BCUT2D eigenvalue weighted by atomic mass is 9.83. The summed E-state index contributed by atoms with van der Waals surface area (Å²) >= 11 is 0. The van der Waals surface area contributed by atoms with Gasteiger partial charge in [-0.25, -0.2) is 9.97 Å². The van der Waals surface area contributed by atoms with Gasteiger partial charge in [0, 0.05) is 44.5 Å². The Morgan fingerprint density at radius 2 is 2.04 bits per heavy atom. The smallest absolute Gasteiger partial charge is 0.225 e. The minimum absolute atomic E-state index is 0.0669. The van der Waals surface area contributed by atoms with Crippen molar-refractivity contribution in [2.24, 2.45) is 11.8 Å². The van der Waals surface area contributed by atoms with Crippen LogP contribution in [0.1, 0.15) is 24.2 Å². The molecule has 2 aliphatic rings. The molecule has 6 nitrogen and oxygen atoms in total. The van der Waals surface area contributed by atoms with Crippen molar-refractivity contribution in [3.63, 3.8) is 0 Å². The van der Waals surface area contributed by atoms with E-state index >= 15 is 0 Å². The fourth-order valence-corrected chi connectivity index (χ4v) is 3.68. The Balaban J connectivity index is 1.65. The fraction of sp³-hybridized carbons (Fsp3) is 0.706. The highest BCUT2D eigenvalue weighted by atomic mass is 16.5. The van der Waals surface area contributed by atoms with Gasteiger partial charge in [0.15, 0.2) is 0 Å². The van der Waals surface area contributed by atoms with Crippen LogP contribution in [0.5, 0.6) is 0 Å². The quantitative estimate of drug-likeness (QED) is 0.843. The van der Waals surface area contributed by atoms with Crippen molar-refractivity contribution in [2.45, 2.75) is 32.8 Å². The average molecular weight is 318 g/mol. The van der Waals surface area contributed by atoms with E-state index in [0.717, 1.165) is 43.5 Å². The van der Waals surface area contributed by atoms with Crippen molar-refractivity contribution in [1.82, 2.24) is 14.9 Å². The third-order valence-electron chi connectivity index (χ3n) is 4.92. The van der Waals surface area contributed by atoms with E-state index in [4.69, 9.17) is 4.74 Å². The van der Waals surface area contributed by atoms with Crippen molar-refractivity contribution in [3.05, 3.63) is 17.5 Å². The predicted molar refractivity (Wildman–Crippen MR) is 88.4 cm³/mol. The largest absolute Gasteiger partial charge is 0.377 e. The molecule has 1 aromatic rings. The molecule has 1 amide bonds. The molecule has 23 heavy (non-hydrogen) atoms. The van der Waals surface area contributed by atoms with Gasteiger partial charge in [0.05, 0.1) is 19.1 Å². The van der Waals surface area contributed by atoms with Gasteiger partial charge in [-0.05, 0) is 32.3 Å². The highest BCUT2D eigenvalue weighted by molar-refractivity contribution is 5.76. The minimum Gasteiger partial charge on any atom is -0.377 e. The number of amides is 1. The number of nitrogens with zero attached hydrogens (tertiary/aromatic N) is 4. The second-order valence-corrected chi connectivity index (χ2v) is 6.97. The van der Waals surface area contributed by atoms with E-state index in [-0.39, 0.29) is 12.0 Å². The van der Waals surface area contributed by atoms with Gasteiger partial charge >= 0.3 is 0 Å². The maximum atomic E-state index is 11.9. The molecule has 0 aromatic carbocycles. The number of ether oxygens (including phenoxy) is 1. The van der Waals surface area contributed by atoms with Gasteiger partial charge in [0.25, 0.3) is 0 Å². The fourth-order valence-electron chi connectivity index (χ4n) is 3.68. The van der Waals surface area contributed by atoms with Crippen LogP contribution >= 0.6 is 0 Å². The maximum Gasteiger partial charge on any atom is 0.225 e. The molecule has 0 radical (unpaired) electrons. The zero-order valence-corrected chi connectivity index (χ0v) is 14.5. The Hall–Kier alpha value is -1.69. The van der Waals surface area contributed by atoms with Crippen molar-refractivity contribution in [3.8, 4) is 0 Å². The lowest BCUT2D eigenvalue weighted by Gasteiger charge is -2.35. The van der Waals surface area contributed by atoms with Gasteiger partial charge in [-0.15, -0.1) is 0 Å². The standard InChI is InChI=1S/C17H26N4O2/c1-11-7-12(2)19-17(18-11)21-6-5-14-13(9-21)10-23-15(14)8-16(22)20(3)4/h7,13-15H,5-6,8-10H2,1-4H3/t13-,14-,15+/m1/s1. The number of hydrogen-bond donors (Lipinski definition) is 0. The molecule has 126 valence electrons. The van der Waals surface area contributed by atoms with Crippen LogP contribution in [-0.2, 0) is 9.53 Å². The Morgan fingerprint density at radius 3 is 2.70 bits per heavy atom. The summed E-state index contributed by atoms with van der Waals surface area (Å²) in [5.74, 6) is 1.92. The average Bonchev–Trinajstić information content (AvgIpc) is 2.88. The molecule has 3 heterocycles. The first-order valence-corrected chi connectivity index (χ1v) is 8.33. The van der Waals surface area contributed by atoms with Crippen LogP contribution in [0.3, 0.4) is 0 Å². The zero-order chi connectivity index (χ0) is 16.6. The zero-order valence-electron chi connectivity index (χ0n) is 14.5. The molecular formula is C17H26N4O2. The van der Waals surface area contributed by atoms with Gasteiger partial charge in [-0.1, -0.05) is 0 Å². The molecule has 6 heteroatoms. The molecule has 2 fully saturated rings. The van der Waals surface area contributed by atoms with E-state index in [2.05, 4.69) is 14.9 Å². The second-order valence-electron chi connectivity index (χ2n) is 6.97. The van der Waals surface area contributed by atoms with E-state index in [1.807, 2.05) is 19.9 Å². The summed E-state index contributed by atoms with van der Waals surface area (Å²) in [5, 5.41) is 0. The number of carbonyl (C=O) groups excluding carboxylic acids is 1. The monoisotopic (exact) mass is 318 g/mol. The topological polar surface area (TPSA) is 58.6 Å². The summed E-state index contributed by atoms with van der Waals surface area (Å²) in [4.78, 5) is 25.0. The molecule has 2 saturated heterocycles. The molecule has 2 aliphatic heterocycles. The molecule has 0 N–H and O–H groups in total. The van der Waals surface area contributed by atoms with Gasteiger partial charge in [0.1, 0.15) is 0 Å². The molecule has 3 atom stereocenters. The number of carbonyl (C=O) groups is 1. The molecule has 0 bridgehead atoms. The first-order chi connectivity index (χ1) is 10.9. The van der Waals surface area contributed by atoms with E-state index in [9.17, 15) is 4.79 Å². The summed E-state index contributed by atoms with van der Waals surface area (Å²) in [6.07, 6.45) is 1.60. The summed E-state index contributed by atoms with van der Waals surface area (Å²) in [6.45, 7) is 6.59. The number of hydrogen-bond acceptors (Lipinski definition) is 5. The highest BCUT2D eigenvalue weighted by Crippen LogP contribution is 2.36. The SMILES string of the molecule is Cc1cc(C)nc(N2CC[C@@H]3[C@@H](CO[C@H]3CC(=O)N(C)C)C2)n1. The van der Waals surface area contributed by atoms with Crippen LogP contribution in [-0.4, -0.2) is 60.7 Å². The third-order valence-corrected chi connectivity index (χ3v) is 4.92. The van der Waals surface area contributed by atoms with Crippen LogP contribution < -0.4 is 4.90 Å². The Morgan fingerprint density at radius 1 is 1.35 bits per heavy atom. The number of rotatable bonds is 3. The van der Waals surface area contributed by atoms with Crippen LogP contribution in [0.15, 0.2) is 6.07 Å². The van der Waals surface area contributed by atoms with Gasteiger partial charge < -0.3 is 14.5 Å². The molecule has 3 rings (SSSR count). The Kier molecular flexibility index (Phi) is 4.53. The van der Waals surface area contributed by atoms with Crippen LogP contribution in [0.25, 0.3) is 0 Å². The summed E-state index contributed by atoms with van der Waals surface area (Å²) in [7, 11) is 3.60.